The molecule has 1 aromatic rings. The van der Waals surface area contributed by atoms with Crippen molar-refractivity contribution in [1.29, 1.82) is 0 Å². The zero-order valence-electron chi connectivity index (χ0n) is 12.9. The molecule has 1 amide bonds. The normalized spacial score (nSPS) is 14.0. The summed E-state index contributed by atoms with van der Waals surface area (Å²) in [5, 5.41) is 3.66. The van der Waals surface area contributed by atoms with Crippen LogP contribution in [0.5, 0.6) is 0 Å². The second-order valence-electron chi connectivity index (χ2n) is 5.23. The number of hydrogen-bond donors (Lipinski definition) is 2. The molecule has 128 valence electrons. The standard InChI is InChI=1S/C14H18F3N3O3/c1-9(2)8-11(21)20-13(12(22)23-3,14(15,16)17)19-10-6-4-5-7-18-10/h4-7,9H,8H2,1-3H3,(H,18,19)(H,20,21). The van der Waals surface area contributed by atoms with Crippen LogP contribution in [0.3, 0.4) is 0 Å². The number of alkyl halides is 3. The smallest absolute Gasteiger partial charge is 0.441 e. The summed E-state index contributed by atoms with van der Waals surface area (Å²) < 4.78 is 45.0. The van der Waals surface area contributed by atoms with Crippen molar-refractivity contribution in [3.8, 4) is 0 Å². The van der Waals surface area contributed by atoms with E-state index >= 15 is 0 Å². The third-order valence-corrected chi connectivity index (χ3v) is 2.82. The van der Waals surface area contributed by atoms with E-state index in [1.165, 1.54) is 24.4 Å². The highest BCUT2D eigenvalue weighted by Crippen LogP contribution is 2.32. The fourth-order valence-electron chi connectivity index (χ4n) is 1.80. The molecule has 1 atom stereocenters. The van der Waals surface area contributed by atoms with E-state index in [0.717, 1.165) is 7.11 Å². The molecule has 0 radical (unpaired) electrons. The topological polar surface area (TPSA) is 80.3 Å². The van der Waals surface area contributed by atoms with Crippen LogP contribution < -0.4 is 10.6 Å². The van der Waals surface area contributed by atoms with Gasteiger partial charge in [0.1, 0.15) is 5.82 Å². The van der Waals surface area contributed by atoms with Crippen molar-refractivity contribution < 1.29 is 27.5 Å². The molecule has 0 aromatic carbocycles. The van der Waals surface area contributed by atoms with Gasteiger partial charge < -0.3 is 15.4 Å². The average molecular weight is 333 g/mol. The maximum atomic E-state index is 13.6. The molecule has 0 aliphatic rings. The first kappa shape index (κ1) is 18.7. The number of aromatic nitrogens is 1. The van der Waals surface area contributed by atoms with Crippen LogP contribution in [-0.2, 0) is 14.3 Å². The first-order chi connectivity index (χ1) is 10.6. The molecule has 0 aliphatic heterocycles. The number of anilines is 1. The summed E-state index contributed by atoms with van der Waals surface area (Å²) >= 11 is 0. The number of hydrogen-bond acceptors (Lipinski definition) is 5. The Kier molecular flexibility index (Phi) is 5.94. The predicted octanol–water partition coefficient (Wildman–Crippen LogP) is 2.09. The number of halogens is 3. The molecule has 23 heavy (non-hydrogen) atoms. The van der Waals surface area contributed by atoms with E-state index in [-0.39, 0.29) is 18.2 Å². The Balaban J connectivity index is 3.25. The molecule has 1 heterocycles. The largest absolute Gasteiger partial charge is 0.466 e. The maximum Gasteiger partial charge on any atom is 0.441 e. The molecule has 0 fully saturated rings. The van der Waals surface area contributed by atoms with E-state index in [1.807, 2.05) is 5.32 Å². The Hall–Kier alpha value is -2.32. The number of carbonyl (C=O) groups is 2. The van der Waals surface area contributed by atoms with Crippen LogP contribution in [0.25, 0.3) is 0 Å². The van der Waals surface area contributed by atoms with Gasteiger partial charge in [0, 0.05) is 12.6 Å². The Morgan fingerprint density at radius 2 is 1.96 bits per heavy atom. The molecule has 0 aliphatic carbocycles. The predicted molar refractivity (Wildman–Crippen MR) is 76.3 cm³/mol. The summed E-state index contributed by atoms with van der Waals surface area (Å²) in [6, 6.07) is 4.16. The van der Waals surface area contributed by atoms with Crippen molar-refractivity contribution in [1.82, 2.24) is 10.3 Å². The van der Waals surface area contributed by atoms with Crippen LogP contribution in [0.2, 0.25) is 0 Å². The summed E-state index contributed by atoms with van der Waals surface area (Å²) in [7, 11) is 0.803. The molecule has 1 unspecified atom stereocenters. The highest BCUT2D eigenvalue weighted by atomic mass is 19.4. The average Bonchev–Trinajstić information content (AvgIpc) is 2.44. The third kappa shape index (κ3) is 4.57. The summed E-state index contributed by atoms with van der Waals surface area (Å²) in [5.74, 6) is -3.05. The first-order valence-electron chi connectivity index (χ1n) is 6.77. The first-order valence-corrected chi connectivity index (χ1v) is 6.77. The SMILES string of the molecule is COC(=O)C(NC(=O)CC(C)C)(Nc1ccccn1)C(F)(F)F. The van der Waals surface area contributed by atoms with E-state index in [0.29, 0.717) is 0 Å². The van der Waals surface area contributed by atoms with Crippen molar-refractivity contribution in [2.75, 3.05) is 12.4 Å². The van der Waals surface area contributed by atoms with Gasteiger partial charge in [-0.05, 0) is 18.1 Å². The Morgan fingerprint density at radius 1 is 1.30 bits per heavy atom. The summed E-state index contributed by atoms with van der Waals surface area (Å²) in [6.45, 7) is 3.33. The van der Waals surface area contributed by atoms with Crippen LogP contribution in [0, 0.1) is 5.92 Å². The van der Waals surface area contributed by atoms with Gasteiger partial charge in [-0.1, -0.05) is 19.9 Å². The Bertz CT molecular complexity index is 549. The quantitative estimate of drug-likeness (QED) is 0.615. The minimum atomic E-state index is -5.15. The monoisotopic (exact) mass is 333 g/mol. The summed E-state index contributed by atoms with van der Waals surface area (Å²) in [5.41, 5.74) is -3.41. The highest BCUT2D eigenvalue weighted by molar-refractivity contribution is 5.91. The van der Waals surface area contributed by atoms with Gasteiger partial charge in [0.25, 0.3) is 0 Å². The van der Waals surface area contributed by atoms with Crippen molar-refractivity contribution in [3.63, 3.8) is 0 Å². The van der Waals surface area contributed by atoms with Gasteiger partial charge >= 0.3 is 17.8 Å². The van der Waals surface area contributed by atoms with Crippen molar-refractivity contribution in [2.45, 2.75) is 32.1 Å². The number of pyridine rings is 1. The van der Waals surface area contributed by atoms with E-state index in [2.05, 4.69) is 9.72 Å². The highest BCUT2D eigenvalue weighted by Gasteiger charge is 2.63. The van der Waals surface area contributed by atoms with Gasteiger partial charge in [0.2, 0.25) is 5.91 Å². The fourth-order valence-corrected chi connectivity index (χ4v) is 1.80. The lowest BCUT2D eigenvalue weighted by Gasteiger charge is -2.34. The van der Waals surface area contributed by atoms with Gasteiger partial charge in [0.15, 0.2) is 0 Å². The van der Waals surface area contributed by atoms with Gasteiger partial charge in [-0.15, -0.1) is 0 Å². The Labute approximate surface area is 131 Å². The van der Waals surface area contributed by atoms with Crippen LogP contribution in [0.1, 0.15) is 20.3 Å². The maximum absolute atomic E-state index is 13.6. The molecule has 1 aromatic heterocycles. The number of rotatable bonds is 6. The number of carbonyl (C=O) groups excluding carboxylic acids is 2. The Morgan fingerprint density at radius 3 is 2.39 bits per heavy atom. The van der Waals surface area contributed by atoms with E-state index in [9.17, 15) is 22.8 Å². The zero-order chi connectivity index (χ0) is 17.7. The number of ether oxygens (including phenoxy) is 1. The molecule has 0 bridgehead atoms. The van der Waals surface area contributed by atoms with Crippen LogP contribution >= 0.6 is 0 Å². The van der Waals surface area contributed by atoms with Crippen molar-refractivity contribution >= 4 is 17.7 Å². The molecule has 0 saturated carbocycles. The van der Waals surface area contributed by atoms with Gasteiger partial charge in [-0.3, -0.25) is 4.79 Å². The molecular weight excluding hydrogens is 315 g/mol. The third-order valence-electron chi connectivity index (χ3n) is 2.82. The zero-order valence-corrected chi connectivity index (χ0v) is 12.9. The lowest BCUT2D eigenvalue weighted by molar-refractivity contribution is -0.206. The fraction of sp³-hybridized carbons (Fsp3) is 0.500. The number of amides is 1. The molecule has 6 nitrogen and oxygen atoms in total. The van der Waals surface area contributed by atoms with E-state index in [4.69, 9.17) is 0 Å². The molecule has 1 rings (SSSR count). The molecule has 2 N–H and O–H groups in total. The second-order valence-corrected chi connectivity index (χ2v) is 5.23. The number of nitrogens with zero attached hydrogens (tertiary/aromatic N) is 1. The number of methoxy groups -OCH3 is 1. The summed E-state index contributed by atoms with van der Waals surface area (Å²) in [6.07, 6.45) is -4.08. The molecule has 0 spiro atoms. The molecular formula is C14H18F3N3O3. The number of nitrogens with one attached hydrogen (secondary N) is 2. The van der Waals surface area contributed by atoms with Gasteiger partial charge in [-0.25, -0.2) is 9.78 Å². The molecule has 0 saturated heterocycles. The lowest BCUT2D eigenvalue weighted by Crippen LogP contribution is -2.69. The van der Waals surface area contributed by atoms with Crippen LogP contribution in [0.4, 0.5) is 19.0 Å². The van der Waals surface area contributed by atoms with Gasteiger partial charge in [0.05, 0.1) is 7.11 Å². The van der Waals surface area contributed by atoms with E-state index in [1.54, 1.807) is 19.2 Å². The summed E-state index contributed by atoms with van der Waals surface area (Å²) in [4.78, 5) is 27.4. The second kappa shape index (κ2) is 7.30. The van der Waals surface area contributed by atoms with Gasteiger partial charge in [-0.2, -0.15) is 13.2 Å². The van der Waals surface area contributed by atoms with Crippen molar-refractivity contribution in [2.24, 2.45) is 5.92 Å². The van der Waals surface area contributed by atoms with Crippen LogP contribution in [0.15, 0.2) is 24.4 Å². The molecule has 9 heteroatoms. The van der Waals surface area contributed by atoms with E-state index < -0.39 is 23.7 Å². The van der Waals surface area contributed by atoms with Crippen molar-refractivity contribution in [3.05, 3.63) is 24.4 Å². The minimum absolute atomic E-state index is 0.182. The minimum Gasteiger partial charge on any atom is -0.466 e. The lowest BCUT2D eigenvalue weighted by atomic mass is 10.1. The number of esters is 1. The van der Waals surface area contributed by atoms with Crippen LogP contribution in [-0.4, -0.2) is 35.8 Å².